The summed E-state index contributed by atoms with van der Waals surface area (Å²) in [6.45, 7) is 0. The van der Waals surface area contributed by atoms with Gasteiger partial charge in [-0.25, -0.2) is 15.0 Å². The van der Waals surface area contributed by atoms with Gasteiger partial charge in [0, 0.05) is 27.5 Å². The molecule has 2 aliphatic carbocycles. The molecule has 0 amide bonds. The van der Waals surface area contributed by atoms with E-state index in [4.69, 9.17) is 19.4 Å². The molecule has 12 rings (SSSR count). The van der Waals surface area contributed by atoms with Gasteiger partial charge in [0.05, 0.1) is 11.0 Å². The number of furan rings is 1. The van der Waals surface area contributed by atoms with Crippen LogP contribution in [0.1, 0.15) is 22.3 Å². The quantitative estimate of drug-likeness (QED) is 0.182. The van der Waals surface area contributed by atoms with E-state index in [9.17, 15) is 0 Å². The predicted octanol–water partition coefficient (Wildman–Crippen LogP) is 12.8. The minimum absolute atomic E-state index is 0.485. The molecule has 1 spiro atoms. The SMILES string of the molecule is c1ccc(-c2nc(-c3ccccc3)nc(-c3cccc4c3oc3c(-c5cccc6c5C5(c7ccccc7-c7ccccc75)c5ccccc5-6)cccc34)n2)cc1. The van der Waals surface area contributed by atoms with Gasteiger partial charge in [-0.15, -0.1) is 0 Å². The average molecular weight is 714 g/mol. The fourth-order valence-electron chi connectivity index (χ4n) is 9.52. The molecule has 0 N–H and O–H groups in total. The fourth-order valence-corrected chi connectivity index (χ4v) is 9.52. The Kier molecular flexibility index (Phi) is 6.52. The van der Waals surface area contributed by atoms with E-state index in [-0.39, 0.29) is 0 Å². The van der Waals surface area contributed by atoms with Gasteiger partial charge in [-0.2, -0.15) is 0 Å². The topological polar surface area (TPSA) is 51.8 Å². The fraction of sp³-hybridized carbons (Fsp3) is 0.0192. The Hall–Kier alpha value is -7.43. The summed E-state index contributed by atoms with van der Waals surface area (Å²) in [7, 11) is 0. The average Bonchev–Trinajstić information content (AvgIpc) is 3.91. The first-order chi connectivity index (χ1) is 27.8. The highest BCUT2D eigenvalue weighted by atomic mass is 16.3. The summed E-state index contributed by atoms with van der Waals surface area (Å²) in [5, 5.41) is 2.07. The molecule has 10 aromatic rings. The minimum Gasteiger partial charge on any atom is -0.455 e. The second-order valence-electron chi connectivity index (χ2n) is 14.6. The molecular formula is C52H31N3O. The van der Waals surface area contributed by atoms with Gasteiger partial charge in [0.25, 0.3) is 0 Å². The normalized spacial score (nSPS) is 13.1. The number of rotatable bonds is 4. The van der Waals surface area contributed by atoms with E-state index in [1.165, 1.54) is 44.5 Å². The second-order valence-corrected chi connectivity index (χ2v) is 14.6. The summed E-state index contributed by atoms with van der Waals surface area (Å²) in [5.74, 6) is 1.80. The second kappa shape index (κ2) is 11.8. The van der Waals surface area contributed by atoms with Crippen LogP contribution in [0.2, 0.25) is 0 Å². The van der Waals surface area contributed by atoms with Crippen LogP contribution in [-0.4, -0.2) is 15.0 Å². The van der Waals surface area contributed by atoms with E-state index in [1.807, 2.05) is 60.7 Å². The third-order valence-electron chi connectivity index (χ3n) is 11.8. The molecule has 0 bridgehead atoms. The number of benzene rings is 8. The van der Waals surface area contributed by atoms with Gasteiger partial charge >= 0.3 is 0 Å². The van der Waals surface area contributed by atoms with Crippen LogP contribution in [0, 0.1) is 0 Å². The van der Waals surface area contributed by atoms with Crippen LogP contribution in [-0.2, 0) is 5.41 Å². The largest absolute Gasteiger partial charge is 0.455 e. The lowest BCUT2D eigenvalue weighted by molar-refractivity contribution is 0.670. The highest BCUT2D eigenvalue weighted by molar-refractivity contribution is 6.13. The highest BCUT2D eigenvalue weighted by Crippen LogP contribution is 2.64. The zero-order chi connectivity index (χ0) is 36.8. The maximum absolute atomic E-state index is 7.14. The van der Waals surface area contributed by atoms with Crippen LogP contribution in [0.4, 0.5) is 0 Å². The van der Waals surface area contributed by atoms with Crippen molar-refractivity contribution >= 4 is 21.9 Å². The lowest BCUT2D eigenvalue weighted by Crippen LogP contribution is -2.26. The first-order valence-electron chi connectivity index (χ1n) is 19.0. The van der Waals surface area contributed by atoms with E-state index in [2.05, 4.69) is 127 Å². The van der Waals surface area contributed by atoms with Crippen molar-refractivity contribution in [1.82, 2.24) is 15.0 Å². The number of para-hydroxylation sites is 2. The van der Waals surface area contributed by atoms with Gasteiger partial charge in [0.2, 0.25) is 0 Å². The standard InChI is InChI=1S/C52H31N3O/c1-3-16-32(17-4-1)49-53-50(33-18-5-2-6-19-33)55-51(54-49)42-28-15-27-41-40-26-14-25-39(47(40)56-48(41)42)38-24-13-23-37-36-22-9-12-31-45(36)52(46(37)38)43-29-10-7-20-34(43)35-21-8-11-30-44(35)52/h1-31H. The molecule has 0 saturated heterocycles. The van der Waals surface area contributed by atoms with Gasteiger partial charge < -0.3 is 4.42 Å². The maximum Gasteiger partial charge on any atom is 0.167 e. The van der Waals surface area contributed by atoms with Crippen molar-refractivity contribution in [3.05, 3.63) is 210 Å². The Morgan fingerprint density at radius 2 is 0.679 bits per heavy atom. The van der Waals surface area contributed by atoms with Crippen molar-refractivity contribution in [2.24, 2.45) is 0 Å². The summed E-state index contributed by atoms with van der Waals surface area (Å²) in [5.41, 5.74) is 16.3. The van der Waals surface area contributed by atoms with E-state index >= 15 is 0 Å². The Bertz CT molecular complexity index is 3080. The van der Waals surface area contributed by atoms with Crippen LogP contribution in [0.5, 0.6) is 0 Å². The minimum atomic E-state index is -0.485. The first-order valence-corrected chi connectivity index (χ1v) is 19.0. The molecule has 0 fully saturated rings. The Morgan fingerprint density at radius 1 is 0.304 bits per heavy atom. The summed E-state index contributed by atoms with van der Waals surface area (Å²) in [6, 6.07) is 66.6. The molecule has 56 heavy (non-hydrogen) atoms. The monoisotopic (exact) mass is 713 g/mol. The maximum atomic E-state index is 7.14. The molecule has 260 valence electrons. The van der Waals surface area contributed by atoms with Crippen molar-refractivity contribution in [3.63, 3.8) is 0 Å². The smallest absolute Gasteiger partial charge is 0.167 e. The van der Waals surface area contributed by atoms with Crippen molar-refractivity contribution in [2.75, 3.05) is 0 Å². The van der Waals surface area contributed by atoms with E-state index in [1.54, 1.807) is 0 Å². The number of fused-ring (bicyclic) bond motifs is 13. The molecule has 2 aromatic heterocycles. The zero-order valence-electron chi connectivity index (χ0n) is 30.1. The number of nitrogens with zero attached hydrogens (tertiary/aromatic N) is 3. The number of hydrogen-bond acceptors (Lipinski definition) is 4. The zero-order valence-corrected chi connectivity index (χ0v) is 30.1. The highest BCUT2D eigenvalue weighted by Gasteiger charge is 2.52. The van der Waals surface area contributed by atoms with Gasteiger partial charge in [-0.05, 0) is 56.1 Å². The van der Waals surface area contributed by atoms with Crippen LogP contribution in [0.3, 0.4) is 0 Å². The predicted molar refractivity (Wildman–Crippen MR) is 225 cm³/mol. The van der Waals surface area contributed by atoms with Crippen molar-refractivity contribution in [1.29, 1.82) is 0 Å². The molecule has 4 nitrogen and oxygen atoms in total. The Balaban J connectivity index is 1.12. The van der Waals surface area contributed by atoms with Gasteiger partial charge in [-0.1, -0.05) is 182 Å². The number of aromatic nitrogens is 3. The van der Waals surface area contributed by atoms with Crippen LogP contribution in [0.25, 0.3) is 89.5 Å². The summed E-state index contributed by atoms with van der Waals surface area (Å²) >= 11 is 0. The van der Waals surface area contributed by atoms with Crippen LogP contribution >= 0.6 is 0 Å². The van der Waals surface area contributed by atoms with E-state index in [0.29, 0.717) is 17.5 Å². The summed E-state index contributed by atoms with van der Waals surface area (Å²) in [4.78, 5) is 15.1. The summed E-state index contributed by atoms with van der Waals surface area (Å²) < 4.78 is 7.14. The van der Waals surface area contributed by atoms with Gasteiger partial charge in [0.15, 0.2) is 17.5 Å². The van der Waals surface area contributed by atoms with E-state index in [0.717, 1.165) is 49.8 Å². The molecule has 0 unspecified atom stereocenters. The molecule has 8 aromatic carbocycles. The van der Waals surface area contributed by atoms with E-state index < -0.39 is 5.41 Å². The third-order valence-corrected chi connectivity index (χ3v) is 11.8. The van der Waals surface area contributed by atoms with Crippen molar-refractivity contribution in [2.45, 2.75) is 5.41 Å². The molecule has 2 heterocycles. The van der Waals surface area contributed by atoms with Crippen LogP contribution < -0.4 is 0 Å². The van der Waals surface area contributed by atoms with Crippen molar-refractivity contribution < 1.29 is 4.42 Å². The van der Waals surface area contributed by atoms with Crippen molar-refractivity contribution in [3.8, 4) is 67.5 Å². The van der Waals surface area contributed by atoms with Gasteiger partial charge in [0.1, 0.15) is 11.2 Å². The molecule has 0 saturated carbocycles. The lowest BCUT2D eigenvalue weighted by atomic mass is 9.68. The Labute approximate surface area is 323 Å². The third kappa shape index (κ3) is 4.21. The lowest BCUT2D eigenvalue weighted by Gasteiger charge is -2.32. The van der Waals surface area contributed by atoms with Gasteiger partial charge in [-0.3, -0.25) is 0 Å². The van der Waals surface area contributed by atoms with Crippen LogP contribution in [0.15, 0.2) is 192 Å². The Morgan fingerprint density at radius 3 is 1.23 bits per heavy atom. The number of hydrogen-bond donors (Lipinski definition) is 0. The molecule has 0 radical (unpaired) electrons. The molecule has 2 aliphatic rings. The molecular weight excluding hydrogens is 683 g/mol. The first kappa shape index (κ1) is 31.0. The molecule has 4 heteroatoms. The summed E-state index contributed by atoms with van der Waals surface area (Å²) in [6.07, 6.45) is 0. The molecule has 0 atom stereocenters. The molecule has 0 aliphatic heterocycles.